The zero-order chi connectivity index (χ0) is 14.9. The van der Waals surface area contributed by atoms with Gasteiger partial charge in [-0.2, -0.15) is 0 Å². The maximum atomic E-state index is 12.0. The molecule has 2 rings (SSSR count). The molecule has 1 atom stereocenters. The molecule has 1 aliphatic rings. The summed E-state index contributed by atoms with van der Waals surface area (Å²) in [5, 5.41) is 6.19. The van der Waals surface area contributed by atoms with Gasteiger partial charge >= 0.3 is 0 Å². The summed E-state index contributed by atoms with van der Waals surface area (Å²) in [5.74, 6) is 0.0264. The van der Waals surface area contributed by atoms with E-state index in [4.69, 9.17) is 0 Å². The normalized spacial score (nSPS) is 17.3. The van der Waals surface area contributed by atoms with Gasteiger partial charge < -0.3 is 15.5 Å². The van der Waals surface area contributed by atoms with Crippen LogP contribution >= 0.6 is 15.9 Å². The van der Waals surface area contributed by atoms with Crippen LogP contribution in [0.2, 0.25) is 0 Å². The van der Waals surface area contributed by atoms with Crippen LogP contribution in [-0.2, 0) is 4.79 Å². The van der Waals surface area contributed by atoms with Gasteiger partial charge in [0.25, 0.3) is 0 Å². The van der Waals surface area contributed by atoms with Gasteiger partial charge in [0.05, 0.1) is 5.69 Å². The number of likely N-dealkylation sites (N-methyl/N-ethyl adjacent to an activating group) is 1. The molecule has 2 N–H and O–H groups in total. The van der Waals surface area contributed by atoms with E-state index >= 15 is 0 Å². The molecule has 4 nitrogen and oxygen atoms in total. The summed E-state index contributed by atoms with van der Waals surface area (Å²) in [6.45, 7) is 10.2. The second kappa shape index (κ2) is 6.14. The summed E-state index contributed by atoms with van der Waals surface area (Å²) >= 11 is 3.65. The zero-order valence-electron chi connectivity index (χ0n) is 12.5. The number of halogens is 1. The Kier molecular flexibility index (Phi) is 4.70. The van der Waals surface area contributed by atoms with Gasteiger partial charge in [-0.05, 0) is 55.4 Å². The lowest BCUT2D eigenvalue weighted by molar-refractivity contribution is -0.117. The molecular formula is C15H22BrN3O. The molecular weight excluding hydrogens is 318 g/mol. The van der Waals surface area contributed by atoms with Crippen molar-refractivity contribution in [3.8, 4) is 0 Å². The van der Waals surface area contributed by atoms with E-state index in [9.17, 15) is 4.79 Å². The number of fused-ring (bicyclic) bond motifs is 1. The zero-order valence-corrected chi connectivity index (χ0v) is 14.0. The topological polar surface area (TPSA) is 44.4 Å². The monoisotopic (exact) mass is 339 g/mol. The van der Waals surface area contributed by atoms with Crippen molar-refractivity contribution in [2.24, 2.45) is 0 Å². The predicted molar refractivity (Wildman–Crippen MR) is 87.3 cm³/mol. The molecule has 1 heterocycles. The fourth-order valence-electron chi connectivity index (χ4n) is 2.71. The molecule has 1 aliphatic heterocycles. The van der Waals surface area contributed by atoms with Gasteiger partial charge in [0.2, 0.25) is 5.91 Å². The number of carbonyl (C=O) groups is 1. The number of nitrogens with zero attached hydrogens (tertiary/aromatic N) is 1. The first-order chi connectivity index (χ1) is 9.49. The first kappa shape index (κ1) is 15.3. The third-order valence-corrected chi connectivity index (χ3v) is 4.27. The first-order valence-electron chi connectivity index (χ1n) is 7.13. The standard InChI is InChI=1S/C15H22BrN3O/c1-5-17-14-10-7-11(16)13(19(6-2)9(3)4)8-12(10)18-15(14)20/h7-9,14,17H,5-6H2,1-4H3,(H,18,20). The van der Waals surface area contributed by atoms with Crippen molar-refractivity contribution in [2.75, 3.05) is 23.3 Å². The van der Waals surface area contributed by atoms with E-state index in [0.29, 0.717) is 6.04 Å². The number of carbonyl (C=O) groups excluding carboxylic acids is 1. The Bertz CT molecular complexity index is 516. The van der Waals surface area contributed by atoms with Crippen molar-refractivity contribution in [3.63, 3.8) is 0 Å². The van der Waals surface area contributed by atoms with Crippen molar-refractivity contribution in [3.05, 3.63) is 22.2 Å². The highest BCUT2D eigenvalue weighted by atomic mass is 79.9. The molecule has 0 spiro atoms. The van der Waals surface area contributed by atoms with Crippen LogP contribution in [-0.4, -0.2) is 25.0 Å². The quantitative estimate of drug-likeness (QED) is 0.865. The molecule has 1 unspecified atom stereocenters. The van der Waals surface area contributed by atoms with Crippen molar-refractivity contribution in [2.45, 2.75) is 39.8 Å². The van der Waals surface area contributed by atoms with E-state index in [1.54, 1.807) is 0 Å². The van der Waals surface area contributed by atoms with Gasteiger partial charge in [0, 0.05) is 28.3 Å². The van der Waals surface area contributed by atoms with Gasteiger partial charge in [-0.1, -0.05) is 6.92 Å². The Morgan fingerprint density at radius 3 is 2.65 bits per heavy atom. The Morgan fingerprint density at radius 2 is 2.10 bits per heavy atom. The number of rotatable bonds is 5. The molecule has 0 fully saturated rings. The minimum Gasteiger partial charge on any atom is -0.368 e. The Hall–Kier alpha value is -1.07. The molecule has 0 saturated heterocycles. The lowest BCUT2D eigenvalue weighted by Gasteiger charge is -2.29. The summed E-state index contributed by atoms with van der Waals surface area (Å²) in [4.78, 5) is 14.3. The third-order valence-electron chi connectivity index (χ3n) is 3.63. The van der Waals surface area contributed by atoms with Gasteiger partial charge in [0.15, 0.2) is 0 Å². The molecule has 5 heteroatoms. The van der Waals surface area contributed by atoms with Crippen molar-refractivity contribution in [1.29, 1.82) is 0 Å². The number of hydrogen-bond donors (Lipinski definition) is 2. The van der Waals surface area contributed by atoms with Crippen LogP contribution in [0.15, 0.2) is 16.6 Å². The Labute approximate surface area is 129 Å². The summed E-state index contributed by atoms with van der Waals surface area (Å²) in [6, 6.07) is 4.30. The van der Waals surface area contributed by atoms with Crippen molar-refractivity contribution < 1.29 is 4.79 Å². The third kappa shape index (κ3) is 2.69. The second-order valence-corrected chi connectivity index (χ2v) is 6.10. The van der Waals surface area contributed by atoms with Crippen molar-refractivity contribution >= 4 is 33.2 Å². The largest absolute Gasteiger partial charge is 0.368 e. The molecule has 110 valence electrons. The highest BCUT2D eigenvalue weighted by Crippen LogP contribution is 2.39. The predicted octanol–water partition coefficient (Wildman–Crippen LogP) is 3.29. The molecule has 1 aromatic rings. The lowest BCUT2D eigenvalue weighted by Crippen LogP contribution is -2.30. The maximum absolute atomic E-state index is 12.0. The van der Waals surface area contributed by atoms with E-state index in [0.717, 1.165) is 34.5 Å². The number of nitrogens with one attached hydrogen (secondary N) is 2. The van der Waals surface area contributed by atoms with Gasteiger partial charge in [0.1, 0.15) is 6.04 Å². The Balaban J connectivity index is 2.42. The molecule has 0 aromatic heterocycles. The molecule has 0 aliphatic carbocycles. The van der Waals surface area contributed by atoms with Crippen LogP contribution in [0.4, 0.5) is 11.4 Å². The smallest absolute Gasteiger partial charge is 0.246 e. The minimum atomic E-state index is -0.241. The van der Waals surface area contributed by atoms with E-state index in [-0.39, 0.29) is 11.9 Å². The second-order valence-electron chi connectivity index (χ2n) is 5.25. The van der Waals surface area contributed by atoms with Crippen LogP contribution in [0.1, 0.15) is 39.3 Å². The highest BCUT2D eigenvalue weighted by Gasteiger charge is 2.31. The average Bonchev–Trinajstić information content (AvgIpc) is 2.67. The number of benzene rings is 1. The van der Waals surface area contributed by atoms with Crippen LogP contribution < -0.4 is 15.5 Å². The lowest BCUT2D eigenvalue weighted by atomic mass is 10.1. The maximum Gasteiger partial charge on any atom is 0.246 e. The van der Waals surface area contributed by atoms with Crippen molar-refractivity contribution in [1.82, 2.24) is 5.32 Å². The SMILES string of the molecule is CCNC1C(=O)Nc2cc(N(CC)C(C)C)c(Br)cc21. The van der Waals surface area contributed by atoms with E-state index in [2.05, 4.69) is 64.4 Å². The molecule has 1 amide bonds. The highest BCUT2D eigenvalue weighted by molar-refractivity contribution is 9.10. The van der Waals surface area contributed by atoms with Crippen LogP contribution in [0.5, 0.6) is 0 Å². The van der Waals surface area contributed by atoms with Crippen LogP contribution in [0.25, 0.3) is 0 Å². The number of hydrogen-bond acceptors (Lipinski definition) is 3. The van der Waals surface area contributed by atoms with E-state index in [1.807, 2.05) is 6.92 Å². The summed E-state index contributed by atoms with van der Waals surface area (Å²) in [7, 11) is 0. The summed E-state index contributed by atoms with van der Waals surface area (Å²) in [5.41, 5.74) is 3.06. The van der Waals surface area contributed by atoms with E-state index in [1.165, 1.54) is 0 Å². The van der Waals surface area contributed by atoms with Crippen LogP contribution in [0.3, 0.4) is 0 Å². The fraction of sp³-hybridized carbons (Fsp3) is 0.533. The first-order valence-corrected chi connectivity index (χ1v) is 7.93. The van der Waals surface area contributed by atoms with Gasteiger partial charge in [-0.25, -0.2) is 0 Å². The van der Waals surface area contributed by atoms with Gasteiger partial charge in [-0.3, -0.25) is 4.79 Å². The fourth-order valence-corrected chi connectivity index (χ4v) is 3.30. The van der Waals surface area contributed by atoms with Gasteiger partial charge in [-0.15, -0.1) is 0 Å². The summed E-state index contributed by atoms with van der Waals surface area (Å²) < 4.78 is 1.03. The summed E-state index contributed by atoms with van der Waals surface area (Å²) in [6.07, 6.45) is 0. The van der Waals surface area contributed by atoms with Crippen LogP contribution in [0, 0.1) is 0 Å². The van der Waals surface area contributed by atoms with E-state index < -0.39 is 0 Å². The minimum absolute atomic E-state index is 0.0264. The number of anilines is 2. The number of amides is 1. The molecule has 20 heavy (non-hydrogen) atoms. The Morgan fingerprint density at radius 1 is 1.40 bits per heavy atom. The average molecular weight is 340 g/mol. The molecule has 0 bridgehead atoms. The molecule has 0 radical (unpaired) electrons. The molecule has 1 aromatic carbocycles. The molecule has 0 saturated carbocycles.